The molecule has 2 amide bonds. The Morgan fingerprint density at radius 1 is 1.04 bits per heavy atom. The number of rotatable bonds is 2. The van der Waals surface area contributed by atoms with Crippen LogP contribution in [0.3, 0.4) is 0 Å². The van der Waals surface area contributed by atoms with Gasteiger partial charge >= 0.3 is 6.03 Å². The number of carbonyl (C=O) groups excluding carboxylic acids is 1. The molecule has 0 bridgehead atoms. The van der Waals surface area contributed by atoms with Gasteiger partial charge in [0.2, 0.25) is 0 Å². The third kappa shape index (κ3) is 3.97. The highest BCUT2D eigenvalue weighted by atomic mass is 16.5. The summed E-state index contributed by atoms with van der Waals surface area (Å²) in [6.07, 6.45) is 6.42. The lowest BCUT2D eigenvalue weighted by Crippen LogP contribution is -2.44. The van der Waals surface area contributed by atoms with Gasteiger partial charge in [0.05, 0.1) is 5.71 Å². The minimum absolute atomic E-state index is 0.180. The third-order valence-electron chi connectivity index (χ3n) is 5.38. The van der Waals surface area contributed by atoms with Crippen LogP contribution in [-0.2, 0) is 0 Å². The number of hydrazone groups is 1. The zero-order valence-electron chi connectivity index (χ0n) is 15.6. The quantitative estimate of drug-likeness (QED) is 0.737. The molecule has 27 heavy (non-hydrogen) atoms. The Balaban J connectivity index is 1.52. The van der Waals surface area contributed by atoms with E-state index in [-0.39, 0.29) is 11.6 Å². The number of anilines is 1. The van der Waals surface area contributed by atoms with E-state index in [9.17, 15) is 4.79 Å². The number of fused-ring (bicyclic) bond motifs is 1. The van der Waals surface area contributed by atoms with Gasteiger partial charge in [0, 0.05) is 17.7 Å². The molecule has 0 unspecified atom stereocenters. The normalized spacial score (nSPS) is 19.2. The molecule has 1 heterocycles. The summed E-state index contributed by atoms with van der Waals surface area (Å²) in [5.41, 5.74) is 6.23. The van der Waals surface area contributed by atoms with Gasteiger partial charge in [-0.15, -0.1) is 0 Å². The molecular formula is C22H25N3O2. The minimum atomic E-state index is -0.340. The molecule has 2 N–H and O–H groups in total. The summed E-state index contributed by atoms with van der Waals surface area (Å²) in [4.78, 5) is 12.3. The largest absolute Gasteiger partial charge is 0.486 e. The van der Waals surface area contributed by atoms with Gasteiger partial charge in [-0.1, -0.05) is 36.2 Å². The van der Waals surface area contributed by atoms with Crippen molar-refractivity contribution in [3.05, 3.63) is 59.7 Å². The van der Waals surface area contributed by atoms with Crippen LogP contribution in [0.5, 0.6) is 5.75 Å². The highest BCUT2D eigenvalue weighted by Crippen LogP contribution is 2.41. The van der Waals surface area contributed by atoms with Crippen molar-refractivity contribution in [3.8, 4) is 5.75 Å². The highest BCUT2D eigenvalue weighted by molar-refractivity contribution is 6.05. The smallest absolute Gasteiger partial charge is 0.339 e. The topological polar surface area (TPSA) is 62.7 Å². The number of urea groups is 1. The number of amides is 2. The van der Waals surface area contributed by atoms with Gasteiger partial charge in [-0.25, -0.2) is 10.2 Å². The molecule has 2 aliphatic rings. The molecule has 0 atom stereocenters. The van der Waals surface area contributed by atoms with E-state index >= 15 is 0 Å². The van der Waals surface area contributed by atoms with Gasteiger partial charge < -0.3 is 10.1 Å². The van der Waals surface area contributed by atoms with E-state index in [1.54, 1.807) is 0 Å². The zero-order chi connectivity index (χ0) is 18.7. The summed E-state index contributed by atoms with van der Waals surface area (Å²) in [6, 6.07) is 15.3. The van der Waals surface area contributed by atoms with Crippen LogP contribution in [0.2, 0.25) is 0 Å². The molecule has 1 fully saturated rings. The molecule has 1 spiro atoms. The van der Waals surface area contributed by atoms with Crippen molar-refractivity contribution >= 4 is 17.4 Å². The molecular weight excluding hydrogens is 338 g/mol. The lowest BCUT2D eigenvalue weighted by atomic mass is 9.78. The molecule has 4 rings (SSSR count). The Kier molecular flexibility index (Phi) is 4.84. The van der Waals surface area contributed by atoms with Crippen molar-refractivity contribution in [2.45, 2.75) is 51.0 Å². The molecule has 2 aromatic carbocycles. The standard InChI is InChI=1S/C22H25N3O2/c1-16-9-11-17(12-10-16)23-21(26)25-24-19-15-22(13-5-2-6-14-22)27-20-8-4-3-7-18(19)20/h3-4,7-12H,2,5-6,13-15H2,1H3,(H2,23,25,26)/b24-19+. The molecule has 5 heteroatoms. The predicted molar refractivity (Wildman–Crippen MR) is 107 cm³/mol. The first-order valence-electron chi connectivity index (χ1n) is 9.62. The Morgan fingerprint density at radius 2 is 1.78 bits per heavy atom. The number of hydrogen-bond donors (Lipinski definition) is 2. The molecule has 0 saturated heterocycles. The van der Waals surface area contributed by atoms with E-state index in [0.29, 0.717) is 0 Å². The summed E-state index contributed by atoms with van der Waals surface area (Å²) >= 11 is 0. The summed E-state index contributed by atoms with van der Waals surface area (Å²) < 4.78 is 6.40. The van der Waals surface area contributed by atoms with Crippen molar-refractivity contribution in [2.24, 2.45) is 5.10 Å². The van der Waals surface area contributed by atoms with E-state index < -0.39 is 0 Å². The Labute approximate surface area is 159 Å². The van der Waals surface area contributed by atoms with Crippen LogP contribution in [0.25, 0.3) is 0 Å². The van der Waals surface area contributed by atoms with Crippen LogP contribution in [-0.4, -0.2) is 17.3 Å². The number of ether oxygens (including phenoxy) is 1. The summed E-state index contributed by atoms with van der Waals surface area (Å²) in [7, 11) is 0. The number of hydrogen-bond acceptors (Lipinski definition) is 3. The van der Waals surface area contributed by atoms with Gasteiger partial charge in [0.1, 0.15) is 11.4 Å². The zero-order valence-corrected chi connectivity index (χ0v) is 15.6. The van der Waals surface area contributed by atoms with Crippen molar-refractivity contribution < 1.29 is 9.53 Å². The molecule has 1 aliphatic heterocycles. The van der Waals surface area contributed by atoms with Crippen molar-refractivity contribution in [3.63, 3.8) is 0 Å². The second-order valence-corrected chi connectivity index (χ2v) is 7.51. The average molecular weight is 363 g/mol. The van der Waals surface area contributed by atoms with Gasteiger partial charge in [0.25, 0.3) is 0 Å². The fraction of sp³-hybridized carbons (Fsp3) is 0.364. The maximum absolute atomic E-state index is 12.3. The molecule has 1 saturated carbocycles. The minimum Gasteiger partial charge on any atom is -0.486 e. The van der Waals surface area contributed by atoms with E-state index in [2.05, 4.69) is 15.8 Å². The lowest BCUT2D eigenvalue weighted by molar-refractivity contribution is 0.0320. The van der Waals surface area contributed by atoms with Crippen LogP contribution < -0.4 is 15.5 Å². The van der Waals surface area contributed by atoms with Gasteiger partial charge in [0.15, 0.2) is 0 Å². The Bertz CT molecular complexity index is 852. The maximum Gasteiger partial charge on any atom is 0.339 e. The van der Waals surface area contributed by atoms with Crippen LogP contribution >= 0.6 is 0 Å². The number of carbonyl (C=O) groups is 1. The summed E-state index contributed by atoms with van der Waals surface area (Å²) in [5.74, 6) is 0.866. The van der Waals surface area contributed by atoms with Gasteiger partial charge in [-0.05, 0) is 56.9 Å². The van der Waals surface area contributed by atoms with Crippen LogP contribution in [0.15, 0.2) is 53.6 Å². The SMILES string of the molecule is Cc1ccc(NC(=O)N/N=C2\CC3(CCCCC3)Oc3ccccc32)cc1. The molecule has 140 valence electrons. The first kappa shape index (κ1) is 17.6. The monoisotopic (exact) mass is 363 g/mol. The number of para-hydroxylation sites is 1. The molecule has 5 nitrogen and oxygen atoms in total. The lowest BCUT2D eigenvalue weighted by Gasteiger charge is -2.41. The number of aryl methyl sites for hydroxylation is 1. The van der Waals surface area contributed by atoms with E-state index in [0.717, 1.165) is 47.5 Å². The molecule has 0 radical (unpaired) electrons. The van der Waals surface area contributed by atoms with Crippen molar-refractivity contribution in [2.75, 3.05) is 5.32 Å². The number of benzene rings is 2. The second kappa shape index (κ2) is 7.43. The predicted octanol–water partition coefficient (Wildman–Crippen LogP) is 5.01. The molecule has 2 aromatic rings. The van der Waals surface area contributed by atoms with Crippen LogP contribution in [0.1, 0.15) is 49.7 Å². The second-order valence-electron chi connectivity index (χ2n) is 7.51. The average Bonchev–Trinajstić information content (AvgIpc) is 2.68. The van der Waals surface area contributed by atoms with E-state index in [4.69, 9.17) is 4.74 Å². The Morgan fingerprint density at radius 3 is 2.56 bits per heavy atom. The molecule has 1 aliphatic carbocycles. The molecule has 0 aromatic heterocycles. The van der Waals surface area contributed by atoms with Gasteiger partial charge in [-0.3, -0.25) is 0 Å². The van der Waals surface area contributed by atoms with Crippen LogP contribution in [0.4, 0.5) is 10.5 Å². The van der Waals surface area contributed by atoms with E-state index in [1.807, 2.05) is 55.5 Å². The van der Waals surface area contributed by atoms with Gasteiger partial charge in [-0.2, -0.15) is 5.10 Å². The van der Waals surface area contributed by atoms with Crippen LogP contribution in [0, 0.1) is 6.92 Å². The van der Waals surface area contributed by atoms with E-state index in [1.165, 1.54) is 19.3 Å². The number of nitrogens with zero attached hydrogens (tertiary/aromatic N) is 1. The first-order chi connectivity index (χ1) is 13.1. The summed E-state index contributed by atoms with van der Waals surface area (Å²) in [5, 5.41) is 7.28. The van der Waals surface area contributed by atoms with Crippen molar-refractivity contribution in [1.29, 1.82) is 0 Å². The maximum atomic E-state index is 12.3. The van der Waals surface area contributed by atoms with Crippen molar-refractivity contribution in [1.82, 2.24) is 5.43 Å². The Hall–Kier alpha value is -2.82. The third-order valence-corrected chi connectivity index (χ3v) is 5.38. The fourth-order valence-electron chi connectivity index (χ4n) is 3.95. The highest BCUT2D eigenvalue weighted by Gasteiger charge is 2.40. The fourth-order valence-corrected chi connectivity index (χ4v) is 3.95. The summed E-state index contributed by atoms with van der Waals surface area (Å²) in [6.45, 7) is 2.01. The first-order valence-corrected chi connectivity index (χ1v) is 9.62. The number of nitrogens with one attached hydrogen (secondary N) is 2.